The molecular weight excluding hydrogens is 931 g/mol. The Morgan fingerprint density at radius 3 is 1.37 bits per heavy atom. The molecule has 0 N–H and O–H groups in total. The summed E-state index contributed by atoms with van der Waals surface area (Å²) in [5, 5.41) is 8.97. The molecule has 0 aliphatic heterocycles. The van der Waals surface area contributed by atoms with Crippen molar-refractivity contribution in [3.63, 3.8) is 0 Å². The summed E-state index contributed by atoms with van der Waals surface area (Å²) in [6, 6.07) is 87.5. The average Bonchev–Trinajstić information content (AvgIpc) is 4.27. The van der Waals surface area contributed by atoms with E-state index in [0.29, 0.717) is 17.5 Å². The van der Waals surface area contributed by atoms with Crippen LogP contribution in [0.3, 0.4) is 0 Å². The fourth-order valence-electron chi connectivity index (χ4n) is 11.6. The van der Waals surface area contributed by atoms with Crippen molar-refractivity contribution < 1.29 is 8.83 Å². The number of para-hydroxylation sites is 3. The van der Waals surface area contributed by atoms with Gasteiger partial charge in [0, 0.05) is 71.2 Å². The summed E-state index contributed by atoms with van der Waals surface area (Å²) in [4.78, 5) is 15.0. The molecular formula is C69H41N5O2. The zero-order valence-electron chi connectivity index (χ0n) is 40.7. The Labute approximate surface area is 434 Å². The van der Waals surface area contributed by atoms with Crippen LogP contribution in [0.2, 0.25) is 0 Å². The normalized spacial score (nSPS) is 11.9. The van der Waals surface area contributed by atoms with Crippen LogP contribution in [0, 0.1) is 0 Å². The maximum absolute atomic E-state index is 6.64. The monoisotopic (exact) mass is 971 g/mol. The SMILES string of the molecule is c1ccc(-c2nc(-c3ccccc3)nc(-c3cccc4oc5cc(-c6ccc7c(c6)oc6ccc(-n8c9ccccc9c9cc(-c%10ccc%11c(c%10)c%10ccccc%10n%11-c%10ccccc%10)ccc98)cc67)ccc5c34)n2)cc1. The van der Waals surface area contributed by atoms with E-state index in [2.05, 4.69) is 185 Å². The average molecular weight is 972 g/mol. The lowest BCUT2D eigenvalue weighted by atomic mass is 10.0. The highest BCUT2D eigenvalue weighted by atomic mass is 16.3. The molecule has 0 amide bonds. The van der Waals surface area contributed by atoms with Crippen molar-refractivity contribution in [2.45, 2.75) is 0 Å². The van der Waals surface area contributed by atoms with Gasteiger partial charge in [-0.15, -0.1) is 0 Å². The van der Waals surface area contributed by atoms with E-state index in [1.807, 2.05) is 72.8 Å². The molecule has 76 heavy (non-hydrogen) atoms. The van der Waals surface area contributed by atoms with Gasteiger partial charge in [-0.25, -0.2) is 15.0 Å². The van der Waals surface area contributed by atoms with E-state index in [1.54, 1.807) is 0 Å². The molecule has 16 aromatic rings. The van der Waals surface area contributed by atoms with E-state index in [9.17, 15) is 0 Å². The van der Waals surface area contributed by atoms with Gasteiger partial charge in [-0.1, -0.05) is 152 Å². The van der Waals surface area contributed by atoms with Gasteiger partial charge in [0.2, 0.25) is 0 Å². The van der Waals surface area contributed by atoms with Crippen molar-refractivity contribution in [2.24, 2.45) is 0 Å². The summed E-state index contributed by atoms with van der Waals surface area (Å²) in [6.07, 6.45) is 0. The maximum Gasteiger partial charge on any atom is 0.164 e. The summed E-state index contributed by atoms with van der Waals surface area (Å²) in [5.74, 6) is 1.82. The second-order valence-corrected chi connectivity index (χ2v) is 19.5. The number of fused-ring (bicyclic) bond motifs is 12. The lowest BCUT2D eigenvalue weighted by Gasteiger charge is -2.09. The Kier molecular flexibility index (Phi) is 9.20. The van der Waals surface area contributed by atoms with Crippen molar-refractivity contribution >= 4 is 87.5 Å². The van der Waals surface area contributed by atoms with Gasteiger partial charge in [0.05, 0.1) is 22.1 Å². The minimum atomic E-state index is 0.588. The van der Waals surface area contributed by atoms with E-state index in [-0.39, 0.29) is 0 Å². The van der Waals surface area contributed by atoms with Gasteiger partial charge in [0.25, 0.3) is 0 Å². The topological polar surface area (TPSA) is 74.8 Å². The largest absolute Gasteiger partial charge is 0.456 e. The molecule has 0 radical (unpaired) electrons. The molecule has 0 aliphatic carbocycles. The molecule has 0 aliphatic rings. The summed E-state index contributed by atoms with van der Waals surface area (Å²) in [6.45, 7) is 0. The van der Waals surface area contributed by atoms with Crippen LogP contribution < -0.4 is 0 Å². The molecule has 11 aromatic carbocycles. The van der Waals surface area contributed by atoms with Gasteiger partial charge >= 0.3 is 0 Å². The van der Waals surface area contributed by atoms with Crippen LogP contribution >= 0.6 is 0 Å². The summed E-state index contributed by atoms with van der Waals surface area (Å²) in [5.41, 5.74) is 17.3. The Bertz CT molecular complexity index is 4930. The number of furan rings is 2. The van der Waals surface area contributed by atoms with Gasteiger partial charge in [-0.3, -0.25) is 0 Å². The first-order valence-corrected chi connectivity index (χ1v) is 25.6. The van der Waals surface area contributed by atoms with Gasteiger partial charge < -0.3 is 18.0 Å². The fourth-order valence-corrected chi connectivity index (χ4v) is 11.6. The predicted octanol–water partition coefficient (Wildman–Crippen LogP) is 18.2. The van der Waals surface area contributed by atoms with Crippen molar-refractivity contribution in [1.82, 2.24) is 24.1 Å². The molecule has 0 unspecified atom stereocenters. The molecule has 0 saturated carbocycles. The van der Waals surface area contributed by atoms with Crippen molar-refractivity contribution in [3.8, 4) is 67.8 Å². The summed E-state index contributed by atoms with van der Waals surface area (Å²) >= 11 is 0. The highest BCUT2D eigenvalue weighted by molar-refractivity contribution is 6.15. The quantitative estimate of drug-likeness (QED) is 0.159. The highest BCUT2D eigenvalue weighted by Gasteiger charge is 2.21. The Balaban J connectivity index is 0.758. The van der Waals surface area contributed by atoms with Gasteiger partial charge in [-0.2, -0.15) is 0 Å². The van der Waals surface area contributed by atoms with E-state index in [1.165, 1.54) is 43.7 Å². The maximum atomic E-state index is 6.64. The van der Waals surface area contributed by atoms with Crippen LogP contribution in [0.25, 0.3) is 155 Å². The highest BCUT2D eigenvalue weighted by Crippen LogP contribution is 2.42. The molecule has 7 nitrogen and oxygen atoms in total. The van der Waals surface area contributed by atoms with Crippen LogP contribution in [-0.4, -0.2) is 24.1 Å². The third-order valence-corrected chi connectivity index (χ3v) is 15.2. The molecule has 0 saturated heterocycles. The second kappa shape index (κ2) is 16.6. The molecule has 0 fully saturated rings. The summed E-state index contributed by atoms with van der Waals surface area (Å²) < 4.78 is 18.0. The van der Waals surface area contributed by atoms with Crippen LogP contribution in [0.4, 0.5) is 0 Å². The molecule has 354 valence electrons. The minimum absolute atomic E-state index is 0.588. The molecule has 5 aromatic heterocycles. The Hall–Kier alpha value is -10.4. The number of aromatic nitrogens is 5. The van der Waals surface area contributed by atoms with Crippen LogP contribution in [0.1, 0.15) is 0 Å². The zero-order chi connectivity index (χ0) is 49.8. The first-order valence-electron chi connectivity index (χ1n) is 25.6. The number of hydrogen-bond acceptors (Lipinski definition) is 5. The minimum Gasteiger partial charge on any atom is -0.456 e. The number of nitrogens with zero attached hydrogens (tertiary/aromatic N) is 5. The Morgan fingerprint density at radius 1 is 0.250 bits per heavy atom. The third-order valence-electron chi connectivity index (χ3n) is 15.2. The first-order chi connectivity index (χ1) is 37.6. The van der Waals surface area contributed by atoms with Crippen LogP contribution in [0.15, 0.2) is 258 Å². The fraction of sp³-hybridized carbons (Fsp3) is 0. The van der Waals surface area contributed by atoms with Crippen molar-refractivity contribution in [2.75, 3.05) is 0 Å². The number of hydrogen-bond donors (Lipinski definition) is 0. The van der Waals surface area contributed by atoms with Crippen LogP contribution in [-0.2, 0) is 0 Å². The van der Waals surface area contributed by atoms with Gasteiger partial charge in [0.1, 0.15) is 22.3 Å². The predicted molar refractivity (Wildman–Crippen MR) is 310 cm³/mol. The standard InChI is InChI=1S/C69H41N5O2/c1-4-15-42(16-5-1)67-70-68(43-17-6-2-7-18-43)72-69(71-67)54-23-14-26-63-66(54)53-33-28-47(40-65(53)76-63)46-27-32-52-57-41-49(31-36-62(57)75-64(52)39-46)74-59-25-13-11-22-51(59)56-38-45(30-35-61(56)74)44-29-34-60-55(37-44)50-21-10-12-24-58(50)73(60)48-19-8-3-9-20-48/h1-41H. The number of benzene rings is 11. The van der Waals surface area contributed by atoms with E-state index in [4.69, 9.17) is 23.8 Å². The van der Waals surface area contributed by atoms with E-state index < -0.39 is 0 Å². The smallest absolute Gasteiger partial charge is 0.164 e. The lowest BCUT2D eigenvalue weighted by Crippen LogP contribution is -2.00. The second-order valence-electron chi connectivity index (χ2n) is 19.5. The van der Waals surface area contributed by atoms with Gasteiger partial charge in [0.15, 0.2) is 17.5 Å². The van der Waals surface area contributed by atoms with Crippen molar-refractivity contribution in [1.29, 1.82) is 0 Å². The van der Waals surface area contributed by atoms with E-state index >= 15 is 0 Å². The molecule has 0 spiro atoms. The van der Waals surface area contributed by atoms with Gasteiger partial charge in [-0.05, 0) is 119 Å². The number of rotatable bonds is 7. The van der Waals surface area contributed by atoms with Crippen molar-refractivity contribution in [3.05, 3.63) is 249 Å². The van der Waals surface area contributed by atoms with Crippen LogP contribution in [0.5, 0.6) is 0 Å². The molecule has 16 rings (SSSR count). The Morgan fingerprint density at radius 2 is 0.737 bits per heavy atom. The third kappa shape index (κ3) is 6.59. The summed E-state index contributed by atoms with van der Waals surface area (Å²) in [7, 11) is 0. The first kappa shape index (κ1) is 42.2. The molecule has 5 heterocycles. The molecule has 7 heteroatoms. The zero-order valence-corrected chi connectivity index (χ0v) is 40.7. The molecule has 0 bridgehead atoms. The lowest BCUT2D eigenvalue weighted by molar-refractivity contribution is 0.668. The molecule has 0 atom stereocenters. The van der Waals surface area contributed by atoms with E-state index in [0.717, 1.165) is 94.1 Å².